The van der Waals surface area contributed by atoms with Crippen LogP contribution in [-0.2, 0) is 11.3 Å². The van der Waals surface area contributed by atoms with Crippen molar-refractivity contribution in [3.05, 3.63) is 58.5 Å². The molecule has 0 bridgehead atoms. The minimum Gasteiger partial charge on any atom is -0.504 e. The van der Waals surface area contributed by atoms with E-state index in [-0.39, 0.29) is 24.0 Å². The highest BCUT2D eigenvalue weighted by Gasteiger charge is 2.38. The molecule has 0 saturated carbocycles. The molecule has 1 saturated heterocycles. The second-order valence-corrected chi connectivity index (χ2v) is 7.60. The van der Waals surface area contributed by atoms with Gasteiger partial charge < -0.3 is 14.3 Å². The molecule has 4 rings (SSSR count). The first kappa shape index (κ1) is 18.5. The number of benzene rings is 1. The summed E-state index contributed by atoms with van der Waals surface area (Å²) in [7, 11) is 1.47. The van der Waals surface area contributed by atoms with E-state index in [1.165, 1.54) is 24.9 Å². The zero-order valence-corrected chi connectivity index (χ0v) is 16.1. The Hall–Kier alpha value is -2.89. The number of amides is 1. The summed E-state index contributed by atoms with van der Waals surface area (Å²) >= 11 is 1.49. The maximum atomic E-state index is 12.9. The van der Waals surface area contributed by atoms with Crippen molar-refractivity contribution in [3.63, 3.8) is 0 Å². The summed E-state index contributed by atoms with van der Waals surface area (Å²) in [6, 6.07) is 11.0. The van der Waals surface area contributed by atoms with Gasteiger partial charge in [0.25, 0.3) is 0 Å². The van der Waals surface area contributed by atoms with Gasteiger partial charge in [0.2, 0.25) is 5.91 Å². The Labute approximate surface area is 166 Å². The minimum atomic E-state index is -0.345. The van der Waals surface area contributed by atoms with Gasteiger partial charge in [-0.05, 0) is 29.8 Å². The fourth-order valence-corrected chi connectivity index (χ4v) is 4.66. The summed E-state index contributed by atoms with van der Waals surface area (Å²) in [6.45, 7) is 1.04. The van der Waals surface area contributed by atoms with Gasteiger partial charge in [0.05, 0.1) is 49.1 Å². The zero-order valence-electron chi connectivity index (χ0n) is 15.3. The van der Waals surface area contributed by atoms with Crippen molar-refractivity contribution in [1.82, 2.24) is 9.80 Å². The van der Waals surface area contributed by atoms with E-state index in [2.05, 4.69) is 11.0 Å². The number of aromatic hydroxyl groups is 1. The van der Waals surface area contributed by atoms with Crippen LogP contribution in [0.25, 0.3) is 0 Å². The number of allylic oxidation sites excluding steroid dienone is 1. The van der Waals surface area contributed by atoms with Gasteiger partial charge >= 0.3 is 0 Å². The molecule has 1 amide bonds. The first-order valence-electron chi connectivity index (χ1n) is 8.79. The molecule has 1 atom stereocenters. The van der Waals surface area contributed by atoms with Gasteiger partial charge in [0, 0.05) is 12.3 Å². The molecule has 1 unspecified atom stereocenters. The molecule has 2 aliphatic heterocycles. The average Bonchev–Trinajstić information content (AvgIpc) is 3.21. The number of hydrogen-bond donors (Lipinski definition) is 1. The van der Waals surface area contributed by atoms with Crippen molar-refractivity contribution in [1.29, 1.82) is 5.26 Å². The van der Waals surface area contributed by atoms with Crippen LogP contribution in [0.3, 0.4) is 0 Å². The Balaban J connectivity index is 1.62. The number of phenols is 1. The van der Waals surface area contributed by atoms with Crippen molar-refractivity contribution >= 4 is 17.7 Å². The van der Waals surface area contributed by atoms with Gasteiger partial charge in [-0.15, -0.1) is 0 Å². The van der Waals surface area contributed by atoms with Gasteiger partial charge in [-0.25, -0.2) is 0 Å². The van der Waals surface area contributed by atoms with Crippen LogP contribution in [0.2, 0.25) is 0 Å². The molecule has 1 aromatic heterocycles. The second kappa shape index (κ2) is 7.62. The Morgan fingerprint density at radius 1 is 1.43 bits per heavy atom. The molecule has 1 fully saturated rings. The third-order valence-electron chi connectivity index (χ3n) is 4.92. The summed E-state index contributed by atoms with van der Waals surface area (Å²) in [6.07, 6.45) is 1.84. The van der Waals surface area contributed by atoms with Crippen molar-refractivity contribution in [2.24, 2.45) is 0 Å². The predicted octanol–water partition coefficient (Wildman–Crippen LogP) is 3.21. The van der Waals surface area contributed by atoms with Crippen molar-refractivity contribution in [2.75, 3.05) is 19.7 Å². The van der Waals surface area contributed by atoms with Crippen LogP contribution in [-0.4, -0.2) is 40.5 Å². The number of phenolic OH excluding ortho intramolecular Hbond substituents is 1. The number of methoxy groups -OCH3 is 1. The molecule has 0 aliphatic carbocycles. The molecule has 0 radical (unpaired) electrons. The van der Waals surface area contributed by atoms with Crippen molar-refractivity contribution < 1.29 is 19.1 Å². The number of carbonyl (C=O) groups excluding carboxylic acids is 1. The lowest BCUT2D eigenvalue weighted by molar-refractivity contribution is -0.132. The summed E-state index contributed by atoms with van der Waals surface area (Å²) in [4.78, 5) is 16.7. The number of carbonyl (C=O) groups is 1. The molecule has 0 spiro atoms. The zero-order chi connectivity index (χ0) is 19.7. The molecular weight excluding hydrogens is 378 g/mol. The molecule has 2 aliphatic rings. The SMILES string of the molecule is COc1cc(C2CC(=O)N3CN(Cc4ccco4)CSC3=C2C#N)ccc1O. The van der Waals surface area contributed by atoms with E-state index in [1.807, 2.05) is 12.1 Å². The third-order valence-corrected chi connectivity index (χ3v) is 6.12. The molecule has 3 heterocycles. The van der Waals surface area contributed by atoms with Gasteiger partial charge in [-0.2, -0.15) is 5.26 Å². The number of thioether (sulfide) groups is 1. The van der Waals surface area contributed by atoms with Crippen molar-refractivity contribution in [2.45, 2.75) is 18.9 Å². The lowest BCUT2D eigenvalue weighted by Gasteiger charge is -2.41. The summed E-state index contributed by atoms with van der Waals surface area (Å²) in [5.74, 6) is 1.49. The molecule has 2 aromatic rings. The van der Waals surface area contributed by atoms with Crippen LogP contribution in [0, 0.1) is 11.3 Å². The maximum Gasteiger partial charge on any atom is 0.229 e. The molecule has 7 nitrogen and oxygen atoms in total. The monoisotopic (exact) mass is 397 g/mol. The first-order valence-corrected chi connectivity index (χ1v) is 9.78. The van der Waals surface area contributed by atoms with E-state index in [0.29, 0.717) is 35.4 Å². The van der Waals surface area contributed by atoms with E-state index >= 15 is 0 Å². The Bertz CT molecular complexity index is 964. The van der Waals surface area contributed by atoms with Crippen LogP contribution >= 0.6 is 11.8 Å². The van der Waals surface area contributed by atoms with Gasteiger partial charge in [-0.3, -0.25) is 14.6 Å². The highest BCUT2D eigenvalue weighted by molar-refractivity contribution is 8.03. The standard InChI is InChI=1S/C20H19N3O4S/c1-26-18-7-13(4-5-17(18)24)15-8-19(25)23-11-22(10-14-3-2-6-27-14)12-28-20(23)16(15)9-21/h2-7,15,24H,8,10-12H2,1H3. The fourth-order valence-electron chi connectivity index (χ4n) is 3.53. The number of furan rings is 1. The van der Waals surface area contributed by atoms with Crippen LogP contribution < -0.4 is 4.74 Å². The van der Waals surface area contributed by atoms with E-state index in [4.69, 9.17) is 9.15 Å². The van der Waals surface area contributed by atoms with Gasteiger partial charge in [0.1, 0.15) is 5.76 Å². The lowest BCUT2D eigenvalue weighted by atomic mass is 9.86. The minimum absolute atomic E-state index is 0.0253. The molecule has 1 N–H and O–H groups in total. The summed E-state index contributed by atoms with van der Waals surface area (Å²) < 4.78 is 10.6. The van der Waals surface area contributed by atoms with E-state index < -0.39 is 0 Å². The topological polar surface area (TPSA) is 89.9 Å². The van der Waals surface area contributed by atoms with E-state index in [9.17, 15) is 15.2 Å². The quantitative estimate of drug-likeness (QED) is 0.847. The third kappa shape index (κ3) is 3.35. The Morgan fingerprint density at radius 2 is 2.29 bits per heavy atom. The normalized spacial score (nSPS) is 20.1. The number of rotatable bonds is 4. The van der Waals surface area contributed by atoms with Crippen LogP contribution in [0.4, 0.5) is 0 Å². The Kier molecular flexibility index (Phi) is 5.03. The average molecular weight is 397 g/mol. The lowest BCUT2D eigenvalue weighted by Crippen LogP contribution is -2.46. The summed E-state index contributed by atoms with van der Waals surface area (Å²) in [5, 5.41) is 20.4. The highest BCUT2D eigenvalue weighted by Crippen LogP contribution is 2.44. The fraction of sp³-hybridized carbons (Fsp3) is 0.300. The van der Waals surface area contributed by atoms with Crippen molar-refractivity contribution in [3.8, 4) is 17.6 Å². The van der Waals surface area contributed by atoms with E-state index in [1.54, 1.807) is 23.3 Å². The first-order chi connectivity index (χ1) is 13.6. The predicted molar refractivity (Wildman–Crippen MR) is 103 cm³/mol. The number of nitrogens with zero attached hydrogens (tertiary/aromatic N) is 3. The molecular formula is C20H19N3O4S. The van der Waals surface area contributed by atoms with Gasteiger partial charge in [-0.1, -0.05) is 17.8 Å². The maximum absolute atomic E-state index is 12.9. The van der Waals surface area contributed by atoms with Crippen LogP contribution in [0.1, 0.15) is 23.7 Å². The van der Waals surface area contributed by atoms with Gasteiger partial charge in [0.15, 0.2) is 11.5 Å². The van der Waals surface area contributed by atoms with Crippen LogP contribution in [0.5, 0.6) is 11.5 Å². The molecule has 1 aromatic carbocycles. The molecule has 144 valence electrons. The second-order valence-electron chi connectivity index (χ2n) is 6.66. The number of fused-ring (bicyclic) bond motifs is 1. The summed E-state index contributed by atoms with van der Waals surface area (Å²) in [5.41, 5.74) is 1.36. The highest BCUT2D eigenvalue weighted by atomic mass is 32.2. The molecule has 8 heteroatoms. The van der Waals surface area contributed by atoms with Crippen LogP contribution in [0.15, 0.2) is 51.6 Å². The largest absolute Gasteiger partial charge is 0.504 e. The Morgan fingerprint density at radius 3 is 3.00 bits per heavy atom. The number of ether oxygens (including phenoxy) is 1. The number of hydrogen-bond acceptors (Lipinski definition) is 7. The molecule has 28 heavy (non-hydrogen) atoms. The smallest absolute Gasteiger partial charge is 0.229 e. The van der Waals surface area contributed by atoms with E-state index in [0.717, 1.165) is 11.3 Å². The number of nitriles is 1.